The van der Waals surface area contributed by atoms with Crippen molar-refractivity contribution >= 4 is 60.9 Å². The predicted octanol–water partition coefficient (Wildman–Crippen LogP) is 19.3. The summed E-state index contributed by atoms with van der Waals surface area (Å²) in [5.41, 5.74) is 22.0. The molecule has 0 atom stereocenters. The van der Waals surface area contributed by atoms with Crippen LogP contribution in [-0.4, -0.2) is 0 Å². The topological polar surface area (TPSA) is 29.5 Å². The number of nitrogens with zero attached hydrogens (tertiary/aromatic N) is 1. The van der Waals surface area contributed by atoms with E-state index in [1.165, 1.54) is 61.2 Å². The SMILES string of the molecule is c1ccc(C2(c3ccccc3)c3ccccc3-c3ccc(N(c4ccc(-c5cccc6c5oc5ccccc56)cc4)c4ccc(C5(c6ccccc6)c6ccccc6-c6ccccc65)c5oc6ccccc6c45)cc32)cc1. The van der Waals surface area contributed by atoms with Gasteiger partial charge in [0.05, 0.1) is 21.9 Å². The quantitative estimate of drug-likeness (QED) is 0.152. The molecule has 12 aromatic carbocycles. The van der Waals surface area contributed by atoms with Crippen LogP contribution < -0.4 is 4.90 Å². The monoisotopic (exact) mass is 981 g/mol. The van der Waals surface area contributed by atoms with Crippen molar-refractivity contribution in [3.05, 3.63) is 330 Å². The van der Waals surface area contributed by atoms with Crippen molar-refractivity contribution in [2.45, 2.75) is 10.8 Å². The van der Waals surface area contributed by atoms with E-state index in [-0.39, 0.29) is 0 Å². The van der Waals surface area contributed by atoms with E-state index in [1.807, 2.05) is 6.07 Å². The summed E-state index contributed by atoms with van der Waals surface area (Å²) < 4.78 is 14.0. The Bertz CT molecular complexity index is 4540. The maximum Gasteiger partial charge on any atom is 0.143 e. The summed E-state index contributed by atoms with van der Waals surface area (Å²) in [7, 11) is 0. The molecule has 0 bridgehead atoms. The number of fused-ring (bicyclic) bond motifs is 12. The number of hydrogen-bond acceptors (Lipinski definition) is 3. The normalized spacial score (nSPS) is 13.7. The predicted molar refractivity (Wildman–Crippen MR) is 316 cm³/mol. The second-order valence-electron chi connectivity index (χ2n) is 20.6. The molecule has 16 rings (SSSR count). The number of rotatable bonds is 8. The van der Waals surface area contributed by atoms with Crippen molar-refractivity contribution in [2.24, 2.45) is 0 Å². The van der Waals surface area contributed by atoms with Crippen LogP contribution in [0.3, 0.4) is 0 Å². The van der Waals surface area contributed by atoms with Crippen molar-refractivity contribution in [3.8, 4) is 33.4 Å². The van der Waals surface area contributed by atoms with Gasteiger partial charge in [0.25, 0.3) is 0 Å². The van der Waals surface area contributed by atoms with Crippen LogP contribution in [0.15, 0.2) is 294 Å². The molecule has 0 aliphatic heterocycles. The third kappa shape index (κ3) is 6.08. The summed E-state index contributed by atoms with van der Waals surface area (Å²) >= 11 is 0. The molecule has 0 saturated heterocycles. The van der Waals surface area contributed by atoms with Gasteiger partial charge in [-0.25, -0.2) is 0 Å². The highest BCUT2D eigenvalue weighted by atomic mass is 16.3. The lowest BCUT2D eigenvalue weighted by atomic mass is 9.67. The standard InChI is InChI=1S/C74H47NO2/c1-4-21-49(22-5-1)73(50-23-6-2-7-24-50)62-34-15-10-29-57(62)58-44-43-53(47-66(58)73)75(52-41-39-48(40-42-52)54-32-20-33-60-59-30-13-18-37-68(59)76-71(54)60)67-46-45-65(72-70(67)61-31-14-19-38-69(61)77-72)74(51-25-8-3-9-26-51)63-35-16-11-27-55(63)56-28-12-17-36-64(56)74/h1-47H. The van der Waals surface area contributed by atoms with Gasteiger partial charge < -0.3 is 13.7 Å². The zero-order valence-corrected chi connectivity index (χ0v) is 41.9. The fourth-order valence-corrected chi connectivity index (χ4v) is 13.7. The first kappa shape index (κ1) is 43.4. The molecule has 0 radical (unpaired) electrons. The zero-order chi connectivity index (χ0) is 50.7. The molecule has 2 heterocycles. The van der Waals surface area contributed by atoms with Crippen LogP contribution in [-0.2, 0) is 10.8 Å². The maximum absolute atomic E-state index is 7.41. The largest absolute Gasteiger partial charge is 0.456 e. The van der Waals surface area contributed by atoms with E-state index in [1.54, 1.807) is 0 Å². The highest BCUT2D eigenvalue weighted by molar-refractivity contribution is 6.15. The molecule has 3 nitrogen and oxygen atoms in total. The minimum Gasteiger partial charge on any atom is -0.456 e. The average Bonchev–Trinajstić information content (AvgIpc) is 4.09. The van der Waals surface area contributed by atoms with Crippen molar-refractivity contribution in [1.82, 2.24) is 0 Å². The van der Waals surface area contributed by atoms with E-state index in [0.717, 1.165) is 77.6 Å². The molecule has 0 amide bonds. The summed E-state index contributed by atoms with van der Waals surface area (Å²) in [6.45, 7) is 0. The molecule has 2 aromatic heterocycles. The molecule has 0 fully saturated rings. The third-order valence-corrected chi connectivity index (χ3v) is 16.8. The van der Waals surface area contributed by atoms with Gasteiger partial charge in [-0.2, -0.15) is 0 Å². The van der Waals surface area contributed by atoms with Crippen LogP contribution in [0.25, 0.3) is 77.3 Å². The first-order valence-corrected chi connectivity index (χ1v) is 26.6. The Morgan fingerprint density at radius 2 is 0.727 bits per heavy atom. The van der Waals surface area contributed by atoms with Crippen molar-refractivity contribution in [1.29, 1.82) is 0 Å². The summed E-state index contributed by atoms with van der Waals surface area (Å²) in [4.78, 5) is 2.47. The summed E-state index contributed by atoms with van der Waals surface area (Å²) in [6, 6.07) is 104. The number of anilines is 3. The van der Waals surface area contributed by atoms with Crippen LogP contribution >= 0.6 is 0 Å². The Morgan fingerprint density at radius 3 is 1.35 bits per heavy atom. The van der Waals surface area contributed by atoms with E-state index < -0.39 is 10.8 Å². The molecule has 2 aliphatic carbocycles. The van der Waals surface area contributed by atoms with Gasteiger partial charge >= 0.3 is 0 Å². The number of benzene rings is 12. The van der Waals surface area contributed by atoms with Crippen LogP contribution in [0.1, 0.15) is 44.5 Å². The Balaban J connectivity index is 0.986. The van der Waals surface area contributed by atoms with E-state index in [2.05, 4.69) is 284 Å². The lowest BCUT2D eigenvalue weighted by Crippen LogP contribution is -2.29. The molecule has 0 N–H and O–H groups in total. The molecule has 3 heteroatoms. The second-order valence-corrected chi connectivity index (χ2v) is 20.6. The lowest BCUT2D eigenvalue weighted by Gasteiger charge is -2.35. The summed E-state index contributed by atoms with van der Waals surface area (Å²) in [5, 5.41) is 4.33. The summed E-state index contributed by atoms with van der Waals surface area (Å²) in [5.74, 6) is 0. The van der Waals surface area contributed by atoms with Gasteiger partial charge in [-0.15, -0.1) is 0 Å². The van der Waals surface area contributed by atoms with E-state index in [4.69, 9.17) is 8.83 Å². The fourth-order valence-electron chi connectivity index (χ4n) is 13.7. The van der Waals surface area contributed by atoms with Crippen LogP contribution in [0.2, 0.25) is 0 Å². The highest BCUT2D eigenvalue weighted by Gasteiger charge is 2.49. The molecule has 0 unspecified atom stereocenters. The van der Waals surface area contributed by atoms with Gasteiger partial charge in [-0.05, 0) is 109 Å². The van der Waals surface area contributed by atoms with E-state index in [0.29, 0.717) is 0 Å². The van der Waals surface area contributed by atoms with Crippen LogP contribution in [0, 0.1) is 0 Å². The third-order valence-electron chi connectivity index (χ3n) is 16.8. The number of para-hydroxylation sites is 3. The molecular formula is C74H47NO2. The molecule has 77 heavy (non-hydrogen) atoms. The first-order valence-electron chi connectivity index (χ1n) is 26.6. The van der Waals surface area contributed by atoms with Crippen molar-refractivity contribution in [2.75, 3.05) is 4.90 Å². The van der Waals surface area contributed by atoms with Gasteiger partial charge in [0.15, 0.2) is 0 Å². The highest BCUT2D eigenvalue weighted by Crippen LogP contribution is 2.61. The maximum atomic E-state index is 7.41. The summed E-state index contributed by atoms with van der Waals surface area (Å²) in [6.07, 6.45) is 0. The molecule has 2 aliphatic rings. The smallest absolute Gasteiger partial charge is 0.143 e. The molecule has 360 valence electrons. The zero-order valence-electron chi connectivity index (χ0n) is 41.9. The number of hydrogen-bond donors (Lipinski definition) is 0. The minimum atomic E-state index is -0.687. The van der Waals surface area contributed by atoms with Crippen LogP contribution in [0.4, 0.5) is 17.1 Å². The van der Waals surface area contributed by atoms with Gasteiger partial charge in [0.2, 0.25) is 0 Å². The van der Waals surface area contributed by atoms with Crippen molar-refractivity contribution in [3.63, 3.8) is 0 Å². The van der Waals surface area contributed by atoms with E-state index in [9.17, 15) is 0 Å². The Hall–Kier alpha value is -9.96. The van der Waals surface area contributed by atoms with Crippen molar-refractivity contribution < 1.29 is 8.83 Å². The van der Waals surface area contributed by atoms with Gasteiger partial charge in [0.1, 0.15) is 22.3 Å². The van der Waals surface area contributed by atoms with Gasteiger partial charge in [0, 0.05) is 38.7 Å². The average molecular weight is 982 g/mol. The Labute approximate surface area is 446 Å². The van der Waals surface area contributed by atoms with Crippen LogP contribution in [0.5, 0.6) is 0 Å². The Morgan fingerprint density at radius 1 is 0.273 bits per heavy atom. The van der Waals surface area contributed by atoms with Gasteiger partial charge in [-0.1, -0.05) is 243 Å². The second kappa shape index (κ2) is 16.8. The fraction of sp³-hybridized carbons (Fsp3) is 0.0270. The molecular weight excluding hydrogens is 935 g/mol. The molecule has 0 spiro atoms. The van der Waals surface area contributed by atoms with Gasteiger partial charge in [-0.3, -0.25) is 0 Å². The molecule has 0 saturated carbocycles. The first-order chi connectivity index (χ1) is 38.2. The van der Waals surface area contributed by atoms with E-state index >= 15 is 0 Å². The minimum absolute atomic E-state index is 0.599. The Kier molecular flexibility index (Phi) is 9.47. The molecule has 14 aromatic rings. The number of furan rings is 2. The lowest BCUT2D eigenvalue weighted by molar-refractivity contribution is 0.648.